The van der Waals surface area contributed by atoms with Gasteiger partial charge in [0.15, 0.2) is 5.82 Å². The van der Waals surface area contributed by atoms with Crippen molar-refractivity contribution in [3.8, 4) is 5.75 Å². The smallest absolute Gasteiger partial charge is 0.241 e. The summed E-state index contributed by atoms with van der Waals surface area (Å²) in [5, 5.41) is 3.96. The molecule has 1 amide bonds. The van der Waals surface area contributed by atoms with Gasteiger partial charge in [-0.05, 0) is 12.1 Å². The van der Waals surface area contributed by atoms with Crippen LogP contribution in [0.3, 0.4) is 0 Å². The summed E-state index contributed by atoms with van der Waals surface area (Å²) in [5.41, 5.74) is 0.810. The molecular formula is C17H22N4O3. The van der Waals surface area contributed by atoms with Crippen LogP contribution in [0.25, 0.3) is 0 Å². The zero-order chi connectivity index (χ0) is 17.1. The van der Waals surface area contributed by atoms with Gasteiger partial charge in [0.1, 0.15) is 5.75 Å². The molecule has 3 rings (SSSR count). The van der Waals surface area contributed by atoms with Crippen molar-refractivity contribution in [1.82, 2.24) is 15.0 Å². The molecule has 2 aromatic rings. The Balaban J connectivity index is 1.65. The van der Waals surface area contributed by atoms with E-state index in [0.29, 0.717) is 37.1 Å². The first-order valence-corrected chi connectivity index (χ1v) is 8.06. The maximum absolute atomic E-state index is 12.5. The average molecular weight is 330 g/mol. The number of benzene rings is 1. The molecule has 2 heterocycles. The summed E-state index contributed by atoms with van der Waals surface area (Å²) in [5.74, 6) is 2.22. The summed E-state index contributed by atoms with van der Waals surface area (Å²) < 4.78 is 10.6. The molecule has 24 heavy (non-hydrogen) atoms. The molecule has 1 fully saturated rings. The maximum atomic E-state index is 12.5. The van der Waals surface area contributed by atoms with Crippen LogP contribution < -0.4 is 9.64 Å². The van der Waals surface area contributed by atoms with E-state index in [-0.39, 0.29) is 11.8 Å². The number of piperazine rings is 1. The number of hydrogen-bond acceptors (Lipinski definition) is 6. The minimum absolute atomic E-state index is 0.0364. The van der Waals surface area contributed by atoms with Crippen LogP contribution in [0.15, 0.2) is 28.8 Å². The number of methoxy groups -OCH3 is 1. The van der Waals surface area contributed by atoms with Crippen molar-refractivity contribution in [2.24, 2.45) is 0 Å². The summed E-state index contributed by atoms with van der Waals surface area (Å²) in [6.45, 7) is 6.19. The Morgan fingerprint density at radius 2 is 2.08 bits per heavy atom. The number of amides is 1. The van der Waals surface area contributed by atoms with E-state index in [9.17, 15) is 4.79 Å². The van der Waals surface area contributed by atoms with Crippen LogP contribution in [0.5, 0.6) is 5.75 Å². The molecule has 1 aromatic carbocycles. The highest BCUT2D eigenvalue weighted by atomic mass is 16.5. The van der Waals surface area contributed by atoms with E-state index in [0.717, 1.165) is 12.2 Å². The monoisotopic (exact) mass is 330 g/mol. The number of rotatable bonds is 5. The fourth-order valence-corrected chi connectivity index (χ4v) is 2.72. The Hall–Kier alpha value is -2.41. The molecular weight excluding hydrogens is 308 g/mol. The molecule has 7 nitrogen and oxygen atoms in total. The first-order chi connectivity index (χ1) is 11.6. The molecule has 0 saturated carbocycles. The molecule has 1 aliphatic heterocycles. The standard InChI is InChI=1S/C17H22N4O3/c1-12(2)17-18-15(24-19-17)10-20-8-9-21(16(22)11-20)13-6-4-5-7-14(13)23-3/h4-7,12H,8-11H2,1-3H3. The van der Waals surface area contributed by atoms with Crippen molar-refractivity contribution >= 4 is 11.6 Å². The van der Waals surface area contributed by atoms with Gasteiger partial charge in [-0.3, -0.25) is 9.69 Å². The fraction of sp³-hybridized carbons (Fsp3) is 0.471. The first kappa shape index (κ1) is 16.4. The predicted octanol–water partition coefficient (Wildman–Crippen LogP) is 2.05. The highest BCUT2D eigenvalue weighted by molar-refractivity contribution is 5.96. The maximum Gasteiger partial charge on any atom is 0.241 e. The second-order valence-corrected chi connectivity index (χ2v) is 6.13. The molecule has 0 unspecified atom stereocenters. The van der Waals surface area contributed by atoms with E-state index in [4.69, 9.17) is 9.26 Å². The fourth-order valence-electron chi connectivity index (χ4n) is 2.72. The van der Waals surface area contributed by atoms with Gasteiger partial charge in [-0.25, -0.2) is 0 Å². The van der Waals surface area contributed by atoms with E-state index in [1.54, 1.807) is 12.0 Å². The number of aromatic nitrogens is 2. The van der Waals surface area contributed by atoms with Gasteiger partial charge in [-0.15, -0.1) is 0 Å². The summed E-state index contributed by atoms with van der Waals surface area (Å²) in [6.07, 6.45) is 0. The van der Waals surface area contributed by atoms with Gasteiger partial charge in [0.25, 0.3) is 0 Å². The lowest BCUT2D eigenvalue weighted by molar-refractivity contribution is -0.121. The van der Waals surface area contributed by atoms with Gasteiger partial charge in [0.05, 0.1) is 25.9 Å². The Kier molecular flexibility index (Phi) is 4.80. The van der Waals surface area contributed by atoms with E-state index in [2.05, 4.69) is 10.1 Å². The zero-order valence-corrected chi connectivity index (χ0v) is 14.2. The van der Waals surface area contributed by atoms with E-state index in [1.807, 2.05) is 43.0 Å². The van der Waals surface area contributed by atoms with E-state index >= 15 is 0 Å². The third-order valence-corrected chi connectivity index (χ3v) is 4.03. The van der Waals surface area contributed by atoms with Gasteiger partial charge in [-0.1, -0.05) is 31.1 Å². The average Bonchev–Trinajstić information content (AvgIpc) is 3.04. The highest BCUT2D eigenvalue weighted by Crippen LogP contribution is 2.29. The van der Waals surface area contributed by atoms with Crippen molar-refractivity contribution in [2.45, 2.75) is 26.3 Å². The second kappa shape index (κ2) is 7.00. The Bertz CT molecular complexity index is 713. The molecule has 128 valence electrons. The van der Waals surface area contributed by atoms with Crippen LogP contribution >= 0.6 is 0 Å². The minimum Gasteiger partial charge on any atom is -0.495 e. The molecule has 0 atom stereocenters. The summed E-state index contributed by atoms with van der Waals surface area (Å²) in [7, 11) is 1.61. The number of hydrogen-bond donors (Lipinski definition) is 0. The van der Waals surface area contributed by atoms with Crippen molar-refractivity contribution in [3.63, 3.8) is 0 Å². The predicted molar refractivity (Wildman–Crippen MR) is 89.0 cm³/mol. The Morgan fingerprint density at radius 1 is 1.29 bits per heavy atom. The van der Waals surface area contributed by atoms with Crippen molar-refractivity contribution in [3.05, 3.63) is 36.0 Å². The van der Waals surface area contributed by atoms with Gasteiger partial charge in [-0.2, -0.15) is 4.98 Å². The number of para-hydroxylation sites is 2. The van der Waals surface area contributed by atoms with Crippen LogP contribution in [-0.4, -0.2) is 47.7 Å². The molecule has 7 heteroatoms. The van der Waals surface area contributed by atoms with Crippen molar-refractivity contribution in [2.75, 3.05) is 31.6 Å². The third-order valence-electron chi connectivity index (χ3n) is 4.03. The quantitative estimate of drug-likeness (QED) is 0.835. The molecule has 0 bridgehead atoms. The van der Waals surface area contributed by atoms with E-state index in [1.165, 1.54) is 0 Å². The number of carbonyl (C=O) groups excluding carboxylic acids is 1. The lowest BCUT2D eigenvalue weighted by atomic mass is 10.2. The van der Waals surface area contributed by atoms with Crippen LogP contribution in [0.2, 0.25) is 0 Å². The van der Waals surface area contributed by atoms with Crippen LogP contribution in [0.4, 0.5) is 5.69 Å². The molecule has 0 aliphatic carbocycles. The van der Waals surface area contributed by atoms with Gasteiger partial charge in [0.2, 0.25) is 11.8 Å². The number of nitrogens with zero attached hydrogens (tertiary/aromatic N) is 4. The lowest BCUT2D eigenvalue weighted by Gasteiger charge is -2.34. The highest BCUT2D eigenvalue weighted by Gasteiger charge is 2.28. The van der Waals surface area contributed by atoms with E-state index < -0.39 is 0 Å². The number of ether oxygens (including phenoxy) is 1. The number of anilines is 1. The summed E-state index contributed by atoms with van der Waals surface area (Å²) >= 11 is 0. The normalized spacial score (nSPS) is 16.0. The lowest BCUT2D eigenvalue weighted by Crippen LogP contribution is -2.50. The molecule has 0 radical (unpaired) electrons. The molecule has 0 spiro atoms. The van der Waals surface area contributed by atoms with Crippen LogP contribution in [-0.2, 0) is 11.3 Å². The summed E-state index contributed by atoms with van der Waals surface area (Å²) in [6, 6.07) is 7.56. The molecule has 1 aliphatic rings. The van der Waals surface area contributed by atoms with Gasteiger partial charge < -0.3 is 14.2 Å². The van der Waals surface area contributed by atoms with Gasteiger partial charge >= 0.3 is 0 Å². The molecule has 1 saturated heterocycles. The first-order valence-electron chi connectivity index (χ1n) is 8.06. The topological polar surface area (TPSA) is 71.7 Å². The molecule has 0 N–H and O–H groups in total. The third kappa shape index (κ3) is 3.41. The van der Waals surface area contributed by atoms with Crippen molar-refractivity contribution in [1.29, 1.82) is 0 Å². The Labute approximate surface area is 141 Å². The van der Waals surface area contributed by atoms with Crippen LogP contribution in [0.1, 0.15) is 31.5 Å². The summed E-state index contributed by atoms with van der Waals surface area (Å²) in [4.78, 5) is 20.7. The van der Waals surface area contributed by atoms with Gasteiger partial charge in [0, 0.05) is 19.0 Å². The van der Waals surface area contributed by atoms with Crippen molar-refractivity contribution < 1.29 is 14.1 Å². The SMILES string of the molecule is COc1ccccc1N1CCN(Cc2nc(C(C)C)no2)CC1=O. The zero-order valence-electron chi connectivity index (χ0n) is 14.2. The minimum atomic E-state index is 0.0364. The van der Waals surface area contributed by atoms with Crippen LogP contribution in [0, 0.1) is 0 Å². The second-order valence-electron chi connectivity index (χ2n) is 6.13. The largest absolute Gasteiger partial charge is 0.495 e. The Morgan fingerprint density at radius 3 is 2.75 bits per heavy atom. The number of carbonyl (C=O) groups is 1. The molecule has 1 aromatic heterocycles.